The van der Waals surface area contributed by atoms with Crippen molar-refractivity contribution in [3.63, 3.8) is 0 Å². The molecule has 0 saturated carbocycles. The van der Waals surface area contributed by atoms with Crippen LogP contribution in [0.2, 0.25) is 0 Å². The lowest BCUT2D eigenvalue weighted by molar-refractivity contribution is 0.0273. The number of ether oxygens (including phenoxy) is 6. The summed E-state index contributed by atoms with van der Waals surface area (Å²) in [6.07, 6.45) is 5.73. The standard InChI is InChI=1S/C39H50N10O8/c1-25(2)32-23-56-38(50)48(32)34-10-12-40-36(46-34)44-20-28-6-7-29(21-42-28)54-18-16-52-14-15-53-17-19-55-30-8-9-31(43-22-30)27(5)45-37-41-13-11-35(47-37)49-33(26(3)4)24-57-39(49)51/h6-13,21-22,25-27,32-33H,14-20,23-24H2,1-5H3,(H,40,44,46)(H,41,45,47). The third-order valence-electron chi connectivity index (χ3n) is 9.26. The quantitative estimate of drug-likeness (QED) is 0.103. The lowest BCUT2D eigenvalue weighted by Gasteiger charge is -2.23. The zero-order valence-corrected chi connectivity index (χ0v) is 32.9. The molecule has 4 aromatic heterocycles. The highest BCUT2D eigenvalue weighted by Gasteiger charge is 2.38. The maximum atomic E-state index is 12.4. The molecule has 3 atom stereocenters. The van der Waals surface area contributed by atoms with Crippen molar-refractivity contribution in [3.05, 3.63) is 72.6 Å². The topological polar surface area (TPSA) is 197 Å². The van der Waals surface area contributed by atoms with E-state index >= 15 is 0 Å². The fraction of sp³-hybridized carbons (Fsp3) is 0.487. The minimum Gasteiger partial charge on any atom is -0.490 e. The second kappa shape index (κ2) is 19.8. The number of amides is 2. The zero-order chi connectivity index (χ0) is 40.1. The maximum absolute atomic E-state index is 12.4. The number of carbonyl (C=O) groups excluding carboxylic acids is 2. The molecule has 304 valence electrons. The van der Waals surface area contributed by atoms with Crippen molar-refractivity contribution >= 4 is 35.7 Å². The second-order valence-electron chi connectivity index (χ2n) is 14.0. The summed E-state index contributed by atoms with van der Waals surface area (Å²) in [4.78, 5) is 54.4. The lowest BCUT2D eigenvalue weighted by Crippen LogP contribution is -2.37. The molecule has 0 radical (unpaired) electrons. The average Bonchev–Trinajstić information content (AvgIpc) is 3.81. The van der Waals surface area contributed by atoms with Crippen LogP contribution in [0.4, 0.5) is 33.1 Å². The molecule has 57 heavy (non-hydrogen) atoms. The van der Waals surface area contributed by atoms with Gasteiger partial charge in [-0.1, -0.05) is 27.7 Å². The first-order valence-electron chi connectivity index (χ1n) is 19.1. The van der Waals surface area contributed by atoms with Gasteiger partial charge in [0.15, 0.2) is 0 Å². The molecule has 2 N–H and O–H groups in total. The summed E-state index contributed by atoms with van der Waals surface area (Å²) in [7, 11) is 0. The molecule has 0 spiro atoms. The van der Waals surface area contributed by atoms with Gasteiger partial charge in [0.05, 0.1) is 74.9 Å². The van der Waals surface area contributed by atoms with Gasteiger partial charge in [-0.15, -0.1) is 0 Å². The Balaban J connectivity index is 0.810. The van der Waals surface area contributed by atoms with Gasteiger partial charge in [-0.3, -0.25) is 19.8 Å². The first kappa shape index (κ1) is 40.8. The molecular formula is C39H50N10O8. The van der Waals surface area contributed by atoms with E-state index in [1.54, 1.807) is 46.7 Å². The SMILES string of the molecule is CC(Nc1nccc(N2C(=O)OCC2C(C)C)n1)c1ccc(OCCOCCOCCOc2ccc(CNc3nccc(N4C(=O)OCC4C(C)C)n3)nc2)cn1. The predicted octanol–water partition coefficient (Wildman–Crippen LogP) is 5.30. The summed E-state index contributed by atoms with van der Waals surface area (Å²) in [6, 6.07) is 10.5. The summed E-state index contributed by atoms with van der Waals surface area (Å²) < 4.78 is 33.3. The lowest BCUT2D eigenvalue weighted by atomic mass is 10.0. The molecule has 2 fully saturated rings. The van der Waals surface area contributed by atoms with Crippen LogP contribution in [0.1, 0.15) is 52.0 Å². The van der Waals surface area contributed by atoms with Crippen molar-refractivity contribution in [1.82, 2.24) is 29.9 Å². The fourth-order valence-electron chi connectivity index (χ4n) is 6.03. The monoisotopic (exact) mass is 786 g/mol. The van der Waals surface area contributed by atoms with Gasteiger partial charge in [0.1, 0.15) is 49.6 Å². The number of hydrogen-bond donors (Lipinski definition) is 2. The average molecular weight is 787 g/mol. The number of nitrogens with one attached hydrogen (secondary N) is 2. The van der Waals surface area contributed by atoms with Gasteiger partial charge >= 0.3 is 12.2 Å². The van der Waals surface area contributed by atoms with Crippen LogP contribution < -0.4 is 29.9 Å². The van der Waals surface area contributed by atoms with Crippen molar-refractivity contribution in [2.24, 2.45) is 11.8 Å². The third kappa shape index (κ3) is 11.1. The highest BCUT2D eigenvalue weighted by Crippen LogP contribution is 2.28. The van der Waals surface area contributed by atoms with E-state index in [1.807, 2.05) is 58.9 Å². The Hall–Kier alpha value is -5.88. The Morgan fingerprint density at radius 3 is 1.72 bits per heavy atom. The highest BCUT2D eigenvalue weighted by atomic mass is 16.6. The van der Waals surface area contributed by atoms with E-state index in [0.29, 0.717) is 94.4 Å². The minimum absolute atomic E-state index is 0.0764. The molecule has 2 saturated heterocycles. The summed E-state index contributed by atoms with van der Waals surface area (Å²) >= 11 is 0. The molecule has 0 aromatic carbocycles. The summed E-state index contributed by atoms with van der Waals surface area (Å²) in [5, 5.41) is 6.41. The Kier molecular flexibility index (Phi) is 14.2. The Bertz CT molecular complexity index is 1900. The van der Waals surface area contributed by atoms with Gasteiger partial charge in [-0.2, -0.15) is 9.97 Å². The van der Waals surface area contributed by atoms with Gasteiger partial charge < -0.3 is 39.1 Å². The van der Waals surface area contributed by atoms with Crippen molar-refractivity contribution < 1.29 is 38.0 Å². The Labute approximate surface area is 331 Å². The van der Waals surface area contributed by atoms with Crippen molar-refractivity contribution in [2.45, 2.75) is 59.3 Å². The van der Waals surface area contributed by atoms with Crippen LogP contribution in [-0.2, 0) is 25.5 Å². The first-order chi connectivity index (χ1) is 27.7. The van der Waals surface area contributed by atoms with E-state index in [2.05, 4.69) is 40.5 Å². The minimum atomic E-state index is -0.404. The maximum Gasteiger partial charge on any atom is 0.415 e. The molecule has 3 unspecified atom stereocenters. The van der Waals surface area contributed by atoms with Crippen LogP contribution in [0.25, 0.3) is 0 Å². The normalized spacial score (nSPS) is 17.2. The van der Waals surface area contributed by atoms with Gasteiger partial charge in [-0.25, -0.2) is 19.6 Å². The van der Waals surface area contributed by atoms with Gasteiger partial charge in [0.2, 0.25) is 11.9 Å². The number of carbonyl (C=O) groups is 2. The molecule has 6 rings (SSSR count). The number of aromatic nitrogens is 6. The highest BCUT2D eigenvalue weighted by molar-refractivity contribution is 5.90. The number of anilines is 4. The number of hydrogen-bond acceptors (Lipinski definition) is 16. The van der Waals surface area contributed by atoms with E-state index in [0.717, 1.165) is 11.4 Å². The molecule has 2 aliphatic heterocycles. The van der Waals surface area contributed by atoms with Crippen molar-refractivity contribution in [3.8, 4) is 11.5 Å². The van der Waals surface area contributed by atoms with E-state index < -0.39 is 12.2 Å². The predicted molar refractivity (Wildman–Crippen MR) is 209 cm³/mol. The van der Waals surface area contributed by atoms with Crippen molar-refractivity contribution in [2.75, 3.05) is 73.3 Å². The van der Waals surface area contributed by atoms with Crippen LogP contribution in [0.3, 0.4) is 0 Å². The molecule has 0 aliphatic carbocycles. The summed E-state index contributed by atoms with van der Waals surface area (Å²) in [5.74, 6) is 3.45. The Morgan fingerprint density at radius 2 is 1.19 bits per heavy atom. The van der Waals surface area contributed by atoms with E-state index in [4.69, 9.17) is 28.4 Å². The molecule has 18 heteroatoms. The molecule has 18 nitrogen and oxygen atoms in total. The van der Waals surface area contributed by atoms with Crippen LogP contribution >= 0.6 is 0 Å². The number of cyclic esters (lactones) is 2. The largest absolute Gasteiger partial charge is 0.490 e. The molecule has 2 aliphatic rings. The van der Waals surface area contributed by atoms with Gasteiger partial charge in [0.25, 0.3) is 0 Å². The Morgan fingerprint density at radius 1 is 0.667 bits per heavy atom. The van der Waals surface area contributed by atoms with Gasteiger partial charge in [0, 0.05) is 12.4 Å². The van der Waals surface area contributed by atoms with Crippen LogP contribution in [0, 0.1) is 11.8 Å². The smallest absolute Gasteiger partial charge is 0.415 e. The van der Waals surface area contributed by atoms with Crippen LogP contribution in [-0.4, -0.2) is 107 Å². The molecule has 0 bridgehead atoms. The fourth-order valence-corrected chi connectivity index (χ4v) is 6.03. The molecule has 4 aromatic rings. The molecular weight excluding hydrogens is 736 g/mol. The summed E-state index contributed by atoms with van der Waals surface area (Å²) in [6.45, 7) is 13.5. The van der Waals surface area contributed by atoms with E-state index in [-0.39, 0.29) is 30.0 Å². The number of rotatable bonds is 21. The first-order valence-corrected chi connectivity index (χ1v) is 19.1. The second-order valence-corrected chi connectivity index (χ2v) is 14.0. The van der Waals surface area contributed by atoms with Gasteiger partial charge in [-0.05, 0) is 55.2 Å². The zero-order valence-electron chi connectivity index (χ0n) is 32.9. The van der Waals surface area contributed by atoms with E-state index in [9.17, 15) is 9.59 Å². The van der Waals surface area contributed by atoms with E-state index in [1.165, 1.54) is 0 Å². The number of nitrogens with zero attached hydrogens (tertiary/aromatic N) is 8. The molecule has 6 heterocycles. The third-order valence-corrected chi connectivity index (χ3v) is 9.26. The van der Waals surface area contributed by atoms with Crippen LogP contribution in [0.15, 0.2) is 61.2 Å². The summed E-state index contributed by atoms with van der Waals surface area (Å²) in [5.41, 5.74) is 1.55. The molecule has 2 amide bonds. The van der Waals surface area contributed by atoms with Crippen molar-refractivity contribution in [1.29, 1.82) is 0 Å². The van der Waals surface area contributed by atoms with Crippen LogP contribution in [0.5, 0.6) is 11.5 Å². The number of pyridine rings is 2.